The Labute approximate surface area is 183 Å². The van der Waals surface area contributed by atoms with Crippen molar-refractivity contribution in [3.05, 3.63) is 11.6 Å². The van der Waals surface area contributed by atoms with Crippen molar-refractivity contribution >= 4 is 0 Å². The van der Waals surface area contributed by atoms with E-state index < -0.39 is 0 Å². The van der Waals surface area contributed by atoms with Crippen LogP contribution >= 0.6 is 0 Å². The van der Waals surface area contributed by atoms with E-state index in [1.807, 2.05) is 0 Å². The lowest BCUT2D eigenvalue weighted by Crippen LogP contribution is -2.51. The predicted molar refractivity (Wildman–Crippen MR) is 120 cm³/mol. The first-order valence-electron chi connectivity index (χ1n) is 13.1. The van der Waals surface area contributed by atoms with Crippen LogP contribution in [0.2, 0.25) is 0 Å². The third kappa shape index (κ3) is 2.55. The molecule has 3 saturated carbocycles. The Morgan fingerprint density at radius 2 is 1.90 bits per heavy atom. The summed E-state index contributed by atoms with van der Waals surface area (Å²) in [6.07, 6.45) is 13.6. The molecule has 6 aliphatic rings. The van der Waals surface area contributed by atoms with Gasteiger partial charge in [0.05, 0.1) is 6.10 Å². The van der Waals surface area contributed by atoms with Gasteiger partial charge in [-0.1, -0.05) is 32.4 Å². The van der Waals surface area contributed by atoms with Crippen LogP contribution in [0.4, 0.5) is 0 Å². The summed E-state index contributed by atoms with van der Waals surface area (Å²) in [6, 6.07) is 1.36. The smallest absolute Gasteiger partial charge is 0.0577 e. The van der Waals surface area contributed by atoms with Crippen LogP contribution in [0.15, 0.2) is 11.6 Å². The van der Waals surface area contributed by atoms with Gasteiger partial charge in [-0.25, -0.2) is 0 Å². The number of hydrogen-bond donors (Lipinski definition) is 2. The van der Waals surface area contributed by atoms with Crippen LogP contribution < -0.4 is 0 Å². The largest absolute Gasteiger partial charge is 0.396 e. The normalized spacial score (nSPS) is 57.6. The van der Waals surface area contributed by atoms with Crippen LogP contribution in [-0.2, 0) is 0 Å². The zero-order valence-corrected chi connectivity index (χ0v) is 19.4. The average molecular weight is 414 g/mol. The molecular weight excluding hydrogens is 370 g/mol. The van der Waals surface area contributed by atoms with E-state index in [9.17, 15) is 10.2 Å². The van der Waals surface area contributed by atoms with Crippen molar-refractivity contribution in [3.8, 4) is 0 Å². The quantitative estimate of drug-likeness (QED) is 0.616. The summed E-state index contributed by atoms with van der Waals surface area (Å²) in [5.74, 6) is 4.47. The van der Waals surface area contributed by atoms with Gasteiger partial charge in [-0.3, -0.25) is 4.90 Å². The van der Waals surface area contributed by atoms with Gasteiger partial charge in [-0.2, -0.15) is 0 Å². The van der Waals surface area contributed by atoms with E-state index in [1.165, 1.54) is 51.5 Å². The van der Waals surface area contributed by atoms with Crippen LogP contribution in [0.5, 0.6) is 0 Å². The summed E-state index contributed by atoms with van der Waals surface area (Å²) < 4.78 is 0. The van der Waals surface area contributed by atoms with Crippen molar-refractivity contribution in [3.63, 3.8) is 0 Å². The molecule has 11 atom stereocenters. The lowest BCUT2D eigenvalue weighted by atomic mass is 9.47. The van der Waals surface area contributed by atoms with Crippen LogP contribution in [0.1, 0.15) is 78.6 Å². The van der Waals surface area contributed by atoms with Crippen LogP contribution in [0, 0.1) is 46.3 Å². The molecule has 4 aliphatic carbocycles. The number of piperidine rings is 1. The number of allylic oxidation sites excluding steroid dienone is 1. The van der Waals surface area contributed by atoms with Gasteiger partial charge in [0, 0.05) is 31.2 Å². The van der Waals surface area contributed by atoms with E-state index in [1.54, 1.807) is 5.57 Å². The van der Waals surface area contributed by atoms with E-state index in [0.717, 1.165) is 42.6 Å². The van der Waals surface area contributed by atoms with Crippen LogP contribution in [-0.4, -0.2) is 46.5 Å². The van der Waals surface area contributed by atoms with E-state index >= 15 is 0 Å². The molecular formula is C27H43NO2. The van der Waals surface area contributed by atoms with Gasteiger partial charge in [-0.15, -0.1) is 0 Å². The second-order valence-corrected chi connectivity index (χ2v) is 12.8. The second-order valence-electron chi connectivity index (χ2n) is 12.8. The second kappa shape index (κ2) is 6.81. The zero-order chi connectivity index (χ0) is 20.8. The number of nitrogens with zero attached hydrogens (tertiary/aromatic N) is 1. The van der Waals surface area contributed by atoms with Crippen molar-refractivity contribution in [1.82, 2.24) is 4.90 Å². The predicted octanol–water partition coefficient (Wildman–Crippen LogP) is 4.63. The maximum atomic E-state index is 10.5. The van der Waals surface area contributed by atoms with Gasteiger partial charge in [0.25, 0.3) is 0 Å². The highest BCUT2D eigenvalue weighted by atomic mass is 16.3. The highest BCUT2D eigenvalue weighted by molar-refractivity contribution is 5.26. The SMILES string of the molecule is C[C@H]1CC[C@@H]2[C@@H](CO)[C@H]3[C@H](C[C@H]4[C@@H]5CC=C6C[C@@H](O)CC[C@]6(C)[C@H]5CC[C@]34C)N2C1. The first-order valence-corrected chi connectivity index (χ1v) is 13.1. The Balaban J connectivity index is 1.34. The molecule has 168 valence electrons. The highest BCUT2D eigenvalue weighted by Crippen LogP contribution is 2.69. The van der Waals surface area contributed by atoms with Gasteiger partial charge >= 0.3 is 0 Å². The maximum absolute atomic E-state index is 10.5. The van der Waals surface area contributed by atoms with Crippen LogP contribution in [0.25, 0.3) is 0 Å². The third-order valence-corrected chi connectivity index (χ3v) is 11.7. The first-order chi connectivity index (χ1) is 14.4. The fraction of sp³-hybridized carbons (Fsp3) is 0.926. The molecule has 3 nitrogen and oxygen atoms in total. The molecule has 5 fully saturated rings. The molecule has 2 aliphatic heterocycles. The molecule has 0 aromatic carbocycles. The molecule has 6 rings (SSSR count). The van der Waals surface area contributed by atoms with Gasteiger partial charge < -0.3 is 10.2 Å². The van der Waals surface area contributed by atoms with E-state index in [2.05, 4.69) is 31.7 Å². The summed E-state index contributed by atoms with van der Waals surface area (Å²) in [5.41, 5.74) is 2.33. The van der Waals surface area contributed by atoms with Crippen LogP contribution in [0.3, 0.4) is 0 Å². The zero-order valence-electron chi connectivity index (χ0n) is 19.4. The molecule has 0 aromatic heterocycles. The number of aliphatic hydroxyl groups is 2. The molecule has 30 heavy (non-hydrogen) atoms. The summed E-state index contributed by atoms with van der Waals surface area (Å²) in [5, 5.41) is 20.8. The molecule has 0 spiro atoms. The Kier molecular flexibility index (Phi) is 4.60. The van der Waals surface area contributed by atoms with Crippen molar-refractivity contribution in [2.45, 2.75) is 96.7 Å². The van der Waals surface area contributed by atoms with Crippen molar-refractivity contribution < 1.29 is 10.2 Å². The summed E-state index contributed by atoms with van der Waals surface area (Å²) in [6.45, 7) is 9.27. The molecule has 0 unspecified atom stereocenters. The molecule has 2 heterocycles. The van der Waals surface area contributed by atoms with Crippen molar-refractivity contribution in [1.29, 1.82) is 0 Å². The van der Waals surface area contributed by atoms with Crippen molar-refractivity contribution in [2.24, 2.45) is 46.3 Å². The van der Waals surface area contributed by atoms with Gasteiger partial charge in [0.2, 0.25) is 0 Å². The highest BCUT2D eigenvalue weighted by Gasteiger charge is 2.67. The molecule has 0 amide bonds. The first kappa shape index (κ1) is 20.2. The Morgan fingerprint density at radius 1 is 1.07 bits per heavy atom. The fourth-order valence-corrected chi connectivity index (χ4v) is 10.3. The Bertz CT molecular complexity index is 734. The van der Waals surface area contributed by atoms with E-state index in [4.69, 9.17) is 0 Å². The molecule has 0 bridgehead atoms. The minimum absolute atomic E-state index is 0.107. The molecule has 2 N–H and O–H groups in total. The lowest BCUT2D eigenvalue weighted by Gasteiger charge is -2.58. The third-order valence-electron chi connectivity index (χ3n) is 11.7. The summed E-state index contributed by atoms with van der Waals surface area (Å²) in [7, 11) is 0. The standard InChI is InChI=1S/C27H43NO2/c1-16-4-7-23-20(15-29)25-24(28(23)14-16)13-22-19-6-5-17-12-18(30)8-10-26(17,2)21(19)9-11-27(22,25)3/h5,16,18-25,29-30H,4,6-15H2,1-3H3/t16-,18-,19+,20+,21-,22-,23+,24-,25-,26-,27-/m0/s1. The Morgan fingerprint density at radius 3 is 2.70 bits per heavy atom. The number of fused-ring (bicyclic) bond motifs is 9. The van der Waals surface area contributed by atoms with Gasteiger partial charge in [-0.05, 0) is 98.2 Å². The number of hydrogen-bond acceptors (Lipinski definition) is 3. The lowest BCUT2D eigenvalue weighted by molar-refractivity contribution is -0.0626. The van der Waals surface area contributed by atoms with Gasteiger partial charge in [0.1, 0.15) is 0 Å². The van der Waals surface area contributed by atoms with E-state index in [-0.39, 0.29) is 6.10 Å². The van der Waals surface area contributed by atoms with Gasteiger partial charge in [0.15, 0.2) is 0 Å². The monoisotopic (exact) mass is 413 g/mol. The fourth-order valence-electron chi connectivity index (χ4n) is 10.3. The minimum atomic E-state index is -0.107. The number of rotatable bonds is 1. The van der Waals surface area contributed by atoms with E-state index in [0.29, 0.717) is 35.3 Å². The topological polar surface area (TPSA) is 43.7 Å². The van der Waals surface area contributed by atoms with Crippen molar-refractivity contribution in [2.75, 3.05) is 13.2 Å². The number of aliphatic hydroxyl groups excluding tert-OH is 2. The maximum Gasteiger partial charge on any atom is 0.0577 e. The average Bonchev–Trinajstić information content (AvgIpc) is 3.20. The Hall–Kier alpha value is -0.380. The molecule has 3 heteroatoms. The summed E-state index contributed by atoms with van der Waals surface area (Å²) >= 11 is 0. The summed E-state index contributed by atoms with van der Waals surface area (Å²) in [4.78, 5) is 2.89. The molecule has 2 saturated heterocycles. The molecule has 0 radical (unpaired) electrons. The minimum Gasteiger partial charge on any atom is -0.396 e. The molecule has 0 aromatic rings.